The number of aromatic amines is 1. The number of ether oxygens (including phenoxy) is 1. The molecule has 0 saturated carbocycles. The molecule has 0 fully saturated rings. The summed E-state index contributed by atoms with van der Waals surface area (Å²) in [6.07, 6.45) is 3.27. The summed E-state index contributed by atoms with van der Waals surface area (Å²) in [7, 11) is 1.72. The van der Waals surface area contributed by atoms with Crippen LogP contribution in [-0.4, -0.2) is 44.7 Å². The van der Waals surface area contributed by atoms with Crippen molar-refractivity contribution in [3.8, 4) is 16.9 Å². The predicted octanol–water partition coefficient (Wildman–Crippen LogP) is 4.49. The summed E-state index contributed by atoms with van der Waals surface area (Å²) in [5, 5.41) is 17.3. The molecule has 0 saturated heterocycles. The van der Waals surface area contributed by atoms with E-state index in [1.54, 1.807) is 54.7 Å². The van der Waals surface area contributed by atoms with Gasteiger partial charge in [-0.05, 0) is 49.7 Å². The van der Waals surface area contributed by atoms with Crippen molar-refractivity contribution >= 4 is 16.8 Å². The minimum atomic E-state index is -0.338. The Bertz CT molecular complexity index is 1300. The SMILES string of the molecule is CCOc1cc(C(=O)N(C)[C@@H](C)c2cnc(CO)c3cn[nH]c23)ccc1-c1cccc(F)c1. The van der Waals surface area contributed by atoms with E-state index in [1.807, 2.05) is 13.8 Å². The van der Waals surface area contributed by atoms with Crippen LogP contribution in [0.3, 0.4) is 0 Å². The zero-order chi connectivity index (χ0) is 23.5. The lowest BCUT2D eigenvalue weighted by molar-refractivity contribution is 0.0743. The lowest BCUT2D eigenvalue weighted by Gasteiger charge is -2.26. The van der Waals surface area contributed by atoms with Crippen LogP contribution in [-0.2, 0) is 6.61 Å². The van der Waals surface area contributed by atoms with Crippen LogP contribution in [0.15, 0.2) is 54.9 Å². The summed E-state index contributed by atoms with van der Waals surface area (Å²) in [5.41, 5.74) is 3.89. The molecule has 2 aromatic heterocycles. The number of aliphatic hydroxyl groups is 1. The number of hydrogen-bond acceptors (Lipinski definition) is 5. The number of pyridine rings is 1. The molecule has 0 spiro atoms. The second-order valence-electron chi connectivity index (χ2n) is 7.72. The molecule has 170 valence electrons. The maximum Gasteiger partial charge on any atom is 0.254 e. The van der Waals surface area contributed by atoms with Crippen molar-refractivity contribution in [2.24, 2.45) is 0 Å². The van der Waals surface area contributed by atoms with E-state index in [0.29, 0.717) is 34.7 Å². The van der Waals surface area contributed by atoms with E-state index in [0.717, 1.165) is 16.5 Å². The topological polar surface area (TPSA) is 91.3 Å². The van der Waals surface area contributed by atoms with Crippen LogP contribution in [0.4, 0.5) is 4.39 Å². The van der Waals surface area contributed by atoms with Crippen LogP contribution in [0.5, 0.6) is 5.75 Å². The van der Waals surface area contributed by atoms with Crippen LogP contribution in [0, 0.1) is 5.82 Å². The van der Waals surface area contributed by atoms with Gasteiger partial charge in [0, 0.05) is 35.3 Å². The lowest BCUT2D eigenvalue weighted by atomic mass is 10.0. The van der Waals surface area contributed by atoms with E-state index in [1.165, 1.54) is 12.1 Å². The Balaban J connectivity index is 1.66. The highest BCUT2D eigenvalue weighted by atomic mass is 19.1. The van der Waals surface area contributed by atoms with Crippen molar-refractivity contribution in [2.45, 2.75) is 26.5 Å². The van der Waals surface area contributed by atoms with Gasteiger partial charge < -0.3 is 14.7 Å². The first-order valence-electron chi connectivity index (χ1n) is 10.7. The molecule has 8 heteroatoms. The number of rotatable bonds is 7. The average molecular weight is 448 g/mol. The number of aliphatic hydroxyl groups excluding tert-OH is 1. The highest BCUT2D eigenvalue weighted by Crippen LogP contribution is 2.33. The number of carbonyl (C=O) groups excluding carboxylic acids is 1. The van der Waals surface area contributed by atoms with Crippen LogP contribution < -0.4 is 4.74 Å². The second-order valence-corrected chi connectivity index (χ2v) is 7.72. The van der Waals surface area contributed by atoms with Crippen LogP contribution in [0.2, 0.25) is 0 Å². The Labute approximate surface area is 190 Å². The Kier molecular flexibility index (Phi) is 6.37. The monoisotopic (exact) mass is 448 g/mol. The molecule has 2 heterocycles. The quantitative estimate of drug-likeness (QED) is 0.435. The zero-order valence-electron chi connectivity index (χ0n) is 18.7. The van der Waals surface area contributed by atoms with Gasteiger partial charge in [0.15, 0.2) is 0 Å². The van der Waals surface area contributed by atoms with Gasteiger partial charge in [0.1, 0.15) is 11.6 Å². The molecule has 4 aromatic rings. The molecule has 1 atom stereocenters. The van der Waals surface area contributed by atoms with E-state index in [2.05, 4.69) is 15.2 Å². The maximum atomic E-state index is 13.7. The van der Waals surface area contributed by atoms with Crippen molar-refractivity contribution in [2.75, 3.05) is 13.7 Å². The first kappa shape index (κ1) is 22.4. The van der Waals surface area contributed by atoms with E-state index < -0.39 is 0 Å². The number of benzene rings is 2. The average Bonchev–Trinajstić information content (AvgIpc) is 3.32. The molecule has 2 N–H and O–H groups in total. The van der Waals surface area contributed by atoms with E-state index >= 15 is 0 Å². The molecule has 4 rings (SSSR count). The number of halogens is 1. The van der Waals surface area contributed by atoms with Crippen LogP contribution >= 0.6 is 0 Å². The van der Waals surface area contributed by atoms with Crippen LogP contribution in [0.25, 0.3) is 22.0 Å². The van der Waals surface area contributed by atoms with Gasteiger partial charge in [-0.25, -0.2) is 4.39 Å². The number of H-pyrrole nitrogens is 1. The van der Waals surface area contributed by atoms with Gasteiger partial charge in [0.2, 0.25) is 0 Å². The molecular weight excluding hydrogens is 423 g/mol. The number of nitrogens with zero attached hydrogens (tertiary/aromatic N) is 3. The summed E-state index contributed by atoms with van der Waals surface area (Å²) in [5.74, 6) is -0.0253. The molecule has 0 aliphatic rings. The minimum absolute atomic E-state index is 0.197. The predicted molar refractivity (Wildman–Crippen MR) is 123 cm³/mol. The van der Waals surface area contributed by atoms with Crippen molar-refractivity contribution < 1.29 is 19.0 Å². The van der Waals surface area contributed by atoms with Gasteiger partial charge in [-0.3, -0.25) is 14.9 Å². The second kappa shape index (κ2) is 9.38. The maximum absolute atomic E-state index is 13.7. The fraction of sp³-hybridized carbons (Fsp3) is 0.240. The summed E-state index contributed by atoms with van der Waals surface area (Å²) in [6.45, 7) is 3.97. The summed E-state index contributed by atoms with van der Waals surface area (Å²) in [4.78, 5) is 19.3. The highest BCUT2D eigenvalue weighted by molar-refractivity contribution is 5.96. The number of amides is 1. The van der Waals surface area contributed by atoms with Gasteiger partial charge in [0.25, 0.3) is 5.91 Å². The van der Waals surface area contributed by atoms with E-state index in [9.17, 15) is 14.3 Å². The normalized spacial score (nSPS) is 12.0. The molecular formula is C25H25FN4O3. The molecule has 0 aliphatic heterocycles. The van der Waals surface area contributed by atoms with E-state index in [-0.39, 0.29) is 24.4 Å². The minimum Gasteiger partial charge on any atom is -0.493 e. The Morgan fingerprint density at radius 3 is 2.79 bits per heavy atom. The van der Waals surface area contributed by atoms with Crippen molar-refractivity contribution in [3.05, 3.63) is 77.5 Å². The third kappa shape index (κ3) is 4.29. The fourth-order valence-electron chi connectivity index (χ4n) is 3.86. The lowest BCUT2D eigenvalue weighted by Crippen LogP contribution is -2.30. The number of fused-ring (bicyclic) bond motifs is 1. The van der Waals surface area contributed by atoms with Gasteiger partial charge >= 0.3 is 0 Å². The van der Waals surface area contributed by atoms with Gasteiger partial charge in [-0.1, -0.05) is 12.1 Å². The Morgan fingerprint density at radius 1 is 1.24 bits per heavy atom. The fourth-order valence-corrected chi connectivity index (χ4v) is 3.86. The van der Waals surface area contributed by atoms with Crippen molar-refractivity contribution in [3.63, 3.8) is 0 Å². The molecule has 0 radical (unpaired) electrons. The third-order valence-electron chi connectivity index (χ3n) is 5.76. The zero-order valence-corrected chi connectivity index (χ0v) is 18.7. The van der Waals surface area contributed by atoms with Crippen molar-refractivity contribution in [1.29, 1.82) is 0 Å². The Hall–Kier alpha value is -3.78. The van der Waals surface area contributed by atoms with E-state index in [4.69, 9.17) is 4.74 Å². The van der Waals surface area contributed by atoms with Gasteiger partial charge in [-0.15, -0.1) is 0 Å². The highest BCUT2D eigenvalue weighted by Gasteiger charge is 2.23. The summed E-state index contributed by atoms with van der Waals surface area (Å²) >= 11 is 0. The largest absolute Gasteiger partial charge is 0.493 e. The number of hydrogen-bond donors (Lipinski definition) is 2. The van der Waals surface area contributed by atoms with Gasteiger partial charge in [-0.2, -0.15) is 5.10 Å². The molecule has 0 aliphatic carbocycles. The molecule has 1 amide bonds. The third-order valence-corrected chi connectivity index (χ3v) is 5.76. The molecule has 2 aromatic carbocycles. The van der Waals surface area contributed by atoms with Crippen LogP contribution in [0.1, 0.15) is 41.5 Å². The van der Waals surface area contributed by atoms with Gasteiger partial charge in [0.05, 0.1) is 36.7 Å². The number of carbonyl (C=O) groups is 1. The summed E-state index contributed by atoms with van der Waals surface area (Å²) < 4.78 is 19.5. The number of nitrogens with one attached hydrogen (secondary N) is 1. The number of aromatic nitrogens is 3. The van der Waals surface area contributed by atoms with Crippen molar-refractivity contribution in [1.82, 2.24) is 20.1 Å². The molecule has 0 unspecified atom stereocenters. The summed E-state index contributed by atoms with van der Waals surface area (Å²) in [6, 6.07) is 11.1. The smallest absolute Gasteiger partial charge is 0.254 e. The molecule has 7 nitrogen and oxygen atoms in total. The Morgan fingerprint density at radius 2 is 2.06 bits per heavy atom. The standard InChI is InChI=1S/C25H25FN4O3/c1-4-33-23-11-17(8-9-19(23)16-6-5-7-18(26)10-16)25(32)30(3)15(2)20-12-27-22(14-31)21-13-28-29-24(20)21/h5-13,15,31H,4,14H2,1-3H3,(H,28,29)/t15-/m0/s1. The molecule has 0 bridgehead atoms. The molecule has 33 heavy (non-hydrogen) atoms. The first-order chi connectivity index (χ1) is 15.9. The first-order valence-corrected chi connectivity index (χ1v) is 10.7.